The van der Waals surface area contributed by atoms with Crippen LogP contribution < -0.4 is 14.8 Å². The van der Waals surface area contributed by atoms with E-state index in [-0.39, 0.29) is 30.6 Å². The Bertz CT molecular complexity index is 876. The van der Waals surface area contributed by atoms with Crippen molar-refractivity contribution in [3.05, 3.63) is 59.9 Å². The summed E-state index contributed by atoms with van der Waals surface area (Å²) in [6, 6.07) is 12.5. The van der Waals surface area contributed by atoms with Crippen molar-refractivity contribution in [3.8, 4) is 11.5 Å². The summed E-state index contributed by atoms with van der Waals surface area (Å²) >= 11 is 0. The molecule has 1 N–H and O–H groups in total. The number of ether oxygens (including phenoxy) is 2. The van der Waals surface area contributed by atoms with Crippen LogP contribution in [0.4, 0.5) is 4.39 Å². The maximum atomic E-state index is 13.3. The largest absolute Gasteiger partial charge is 0.497 e. The molecular formula is C25H33FN2O4. The monoisotopic (exact) mass is 444 g/mol. The minimum absolute atomic E-state index is 0.163. The van der Waals surface area contributed by atoms with E-state index in [1.54, 1.807) is 50.4 Å². The molecule has 0 aliphatic carbocycles. The average molecular weight is 445 g/mol. The molecule has 2 aromatic rings. The molecule has 0 spiro atoms. The van der Waals surface area contributed by atoms with Gasteiger partial charge in [0.25, 0.3) is 0 Å². The Hall–Kier alpha value is -3.09. The van der Waals surface area contributed by atoms with E-state index in [1.165, 1.54) is 17.0 Å². The normalized spacial score (nSPS) is 12.1. The van der Waals surface area contributed by atoms with Gasteiger partial charge in [0.1, 0.15) is 23.4 Å². The van der Waals surface area contributed by atoms with Crippen LogP contribution in [0.25, 0.3) is 0 Å². The lowest BCUT2D eigenvalue weighted by molar-refractivity contribution is -0.141. The predicted octanol–water partition coefficient (Wildman–Crippen LogP) is 4.33. The summed E-state index contributed by atoms with van der Waals surface area (Å²) in [4.78, 5) is 27.3. The maximum Gasteiger partial charge on any atom is 0.242 e. The molecule has 0 unspecified atom stereocenters. The number of methoxy groups -OCH3 is 1. The zero-order valence-electron chi connectivity index (χ0n) is 19.5. The van der Waals surface area contributed by atoms with E-state index in [9.17, 15) is 14.0 Å². The predicted molar refractivity (Wildman–Crippen MR) is 122 cm³/mol. The molecule has 2 rings (SSSR count). The van der Waals surface area contributed by atoms with Crippen LogP contribution in [0, 0.1) is 5.82 Å². The molecule has 0 radical (unpaired) electrons. The fourth-order valence-corrected chi connectivity index (χ4v) is 3.07. The molecule has 0 bridgehead atoms. The zero-order chi connectivity index (χ0) is 23.7. The Labute approximate surface area is 189 Å². The first-order valence-corrected chi connectivity index (χ1v) is 10.7. The fraction of sp³-hybridized carbons (Fsp3) is 0.440. The van der Waals surface area contributed by atoms with Crippen molar-refractivity contribution >= 4 is 11.8 Å². The molecular weight excluding hydrogens is 411 g/mol. The van der Waals surface area contributed by atoms with Crippen molar-refractivity contribution in [3.63, 3.8) is 0 Å². The minimum Gasteiger partial charge on any atom is -0.497 e. The molecule has 2 aromatic carbocycles. The van der Waals surface area contributed by atoms with E-state index in [2.05, 4.69) is 5.32 Å². The number of rotatable bonds is 10. The number of hydrogen-bond acceptors (Lipinski definition) is 4. The second-order valence-electron chi connectivity index (χ2n) is 8.69. The van der Waals surface area contributed by atoms with E-state index in [0.717, 1.165) is 11.3 Å². The third-order valence-electron chi connectivity index (χ3n) is 4.79. The first-order chi connectivity index (χ1) is 15.1. The van der Waals surface area contributed by atoms with Gasteiger partial charge in [-0.1, -0.05) is 12.1 Å². The lowest BCUT2D eigenvalue weighted by Crippen LogP contribution is -2.52. The van der Waals surface area contributed by atoms with Crippen LogP contribution in [0.3, 0.4) is 0 Å². The van der Waals surface area contributed by atoms with Crippen LogP contribution in [0.5, 0.6) is 11.5 Å². The van der Waals surface area contributed by atoms with Gasteiger partial charge in [-0.25, -0.2) is 4.39 Å². The third-order valence-corrected chi connectivity index (χ3v) is 4.79. The summed E-state index contributed by atoms with van der Waals surface area (Å²) in [5.41, 5.74) is 0.340. The van der Waals surface area contributed by atoms with Crippen molar-refractivity contribution in [2.75, 3.05) is 13.7 Å². The molecule has 174 valence electrons. The first-order valence-electron chi connectivity index (χ1n) is 10.7. The highest BCUT2D eigenvalue weighted by Crippen LogP contribution is 2.18. The van der Waals surface area contributed by atoms with Crippen LogP contribution in [-0.4, -0.2) is 42.0 Å². The maximum absolute atomic E-state index is 13.3. The van der Waals surface area contributed by atoms with Crippen LogP contribution in [0.1, 0.15) is 46.1 Å². The molecule has 7 heteroatoms. The van der Waals surface area contributed by atoms with Gasteiger partial charge in [0.05, 0.1) is 13.7 Å². The average Bonchev–Trinajstić information content (AvgIpc) is 2.75. The van der Waals surface area contributed by atoms with Crippen molar-refractivity contribution in [1.82, 2.24) is 10.2 Å². The van der Waals surface area contributed by atoms with Gasteiger partial charge in [-0.05, 0) is 76.1 Å². The Kier molecular flexibility index (Phi) is 9.05. The van der Waals surface area contributed by atoms with Gasteiger partial charge in [0, 0.05) is 18.5 Å². The number of hydrogen-bond donors (Lipinski definition) is 1. The summed E-state index contributed by atoms with van der Waals surface area (Å²) in [5.74, 6) is 0.693. The molecule has 0 saturated carbocycles. The van der Waals surface area contributed by atoms with E-state index in [0.29, 0.717) is 18.8 Å². The number of carbonyl (C=O) groups is 2. The summed E-state index contributed by atoms with van der Waals surface area (Å²) in [7, 11) is 1.60. The van der Waals surface area contributed by atoms with Crippen molar-refractivity contribution < 1.29 is 23.5 Å². The number of benzene rings is 2. The molecule has 0 fully saturated rings. The number of amides is 2. The molecule has 32 heavy (non-hydrogen) atoms. The fourth-order valence-electron chi connectivity index (χ4n) is 3.07. The highest BCUT2D eigenvalue weighted by Gasteiger charge is 2.28. The van der Waals surface area contributed by atoms with Crippen LogP contribution in [0.2, 0.25) is 0 Å². The molecule has 1 atom stereocenters. The lowest BCUT2D eigenvalue weighted by Gasteiger charge is -2.31. The first kappa shape index (κ1) is 25.2. The van der Waals surface area contributed by atoms with Gasteiger partial charge in [0.2, 0.25) is 11.8 Å². The Balaban J connectivity index is 1.99. The summed E-state index contributed by atoms with van der Waals surface area (Å²) in [6.45, 7) is 7.96. The molecule has 2 amide bonds. The van der Waals surface area contributed by atoms with Crippen molar-refractivity contribution in [2.24, 2.45) is 0 Å². The topological polar surface area (TPSA) is 67.9 Å². The summed E-state index contributed by atoms with van der Waals surface area (Å²) in [5, 5.41) is 2.92. The van der Waals surface area contributed by atoms with E-state index < -0.39 is 11.6 Å². The molecule has 0 aliphatic heterocycles. The smallest absolute Gasteiger partial charge is 0.242 e. The van der Waals surface area contributed by atoms with Gasteiger partial charge in [-0.2, -0.15) is 0 Å². The minimum atomic E-state index is -0.672. The van der Waals surface area contributed by atoms with Gasteiger partial charge in [-0.3, -0.25) is 9.59 Å². The number of halogens is 1. The van der Waals surface area contributed by atoms with Gasteiger partial charge in [-0.15, -0.1) is 0 Å². The number of nitrogens with zero attached hydrogens (tertiary/aromatic N) is 1. The van der Waals surface area contributed by atoms with Gasteiger partial charge < -0.3 is 19.7 Å². The highest BCUT2D eigenvalue weighted by molar-refractivity contribution is 5.87. The molecule has 0 heterocycles. The van der Waals surface area contributed by atoms with Crippen LogP contribution in [0.15, 0.2) is 48.5 Å². The number of carbonyl (C=O) groups excluding carboxylic acids is 2. The van der Waals surface area contributed by atoms with Gasteiger partial charge >= 0.3 is 0 Å². The molecule has 6 nitrogen and oxygen atoms in total. The summed E-state index contributed by atoms with van der Waals surface area (Å²) < 4.78 is 24.1. The Morgan fingerprint density at radius 2 is 1.62 bits per heavy atom. The summed E-state index contributed by atoms with van der Waals surface area (Å²) in [6.07, 6.45) is 0.725. The molecule has 0 saturated heterocycles. The second-order valence-corrected chi connectivity index (χ2v) is 8.69. The van der Waals surface area contributed by atoms with E-state index in [4.69, 9.17) is 9.47 Å². The van der Waals surface area contributed by atoms with Crippen LogP contribution in [-0.2, 0) is 16.1 Å². The standard InChI is InChI=1S/C25H33FN2O4/c1-18(24(30)27-25(2,3)4)28(17-19-8-10-20(26)11-9-19)23(29)7-6-16-32-22-14-12-21(31-5)13-15-22/h8-15,18H,6-7,16-17H2,1-5H3,(H,27,30)/t18-/m0/s1. The van der Waals surface area contributed by atoms with Gasteiger partial charge in [0.15, 0.2) is 0 Å². The zero-order valence-corrected chi connectivity index (χ0v) is 19.5. The second kappa shape index (κ2) is 11.5. The van der Waals surface area contributed by atoms with Crippen molar-refractivity contribution in [1.29, 1.82) is 0 Å². The SMILES string of the molecule is COc1ccc(OCCCC(=O)N(Cc2ccc(F)cc2)[C@@H](C)C(=O)NC(C)(C)C)cc1. The van der Waals surface area contributed by atoms with Crippen LogP contribution >= 0.6 is 0 Å². The van der Waals surface area contributed by atoms with E-state index in [1.807, 2.05) is 20.8 Å². The Morgan fingerprint density at radius 1 is 1.03 bits per heavy atom. The quantitative estimate of drug-likeness (QED) is 0.554. The highest BCUT2D eigenvalue weighted by atomic mass is 19.1. The number of nitrogens with one attached hydrogen (secondary N) is 1. The van der Waals surface area contributed by atoms with E-state index >= 15 is 0 Å². The van der Waals surface area contributed by atoms with Crippen molar-refractivity contribution in [2.45, 2.75) is 58.7 Å². The third kappa shape index (κ3) is 8.21. The lowest BCUT2D eigenvalue weighted by atomic mass is 10.1. The molecule has 0 aromatic heterocycles. The Morgan fingerprint density at radius 3 is 2.19 bits per heavy atom. The molecule has 0 aliphatic rings.